The van der Waals surface area contributed by atoms with Crippen LogP contribution in [0.4, 0.5) is 98.5 Å². The van der Waals surface area contributed by atoms with Crippen molar-refractivity contribution in [3.8, 4) is 22.3 Å². The summed E-state index contributed by atoms with van der Waals surface area (Å²) in [4.78, 5) is 12.3. The van der Waals surface area contributed by atoms with Crippen molar-refractivity contribution in [2.75, 3.05) is 24.5 Å². The molecule has 0 spiro atoms. The Morgan fingerprint density at radius 3 is 1.38 bits per heavy atom. The molecule has 4 aliphatic heterocycles. The minimum absolute atomic E-state index is 0.00371. The average Bonchev–Trinajstić information content (AvgIpc) is 0.692. The van der Waals surface area contributed by atoms with Crippen LogP contribution in [0.3, 0.4) is 0 Å². The largest absolute Gasteiger partial charge is 0.311 e. The molecule has 0 radical (unpaired) electrons. The van der Waals surface area contributed by atoms with Gasteiger partial charge < -0.3 is 24.5 Å². The molecule has 0 bridgehead atoms. The summed E-state index contributed by atoms with van der Waals surface area (Å²) in [5.74, 6) is -2.08. The molecule has 11 heteroatoms. The van der Waals surface area contributed by atoms with Crippen LogP contribution in [-0.4, -0.2) is 13.4 Å². The maximum atomic E-state index is 20.4. The van der Waals surface area contributed by atoms with Crippen molar-refractivity contribution in [1.29, 1.82) is 0 Å². The molecular weight excluding hydrogens is 1190 g/mol. The van der Waals surface area contributed by atoms with Gasteiger partial charge in [0.25, 0.3) is 6.71 Å². The minimum atomic E-state index is -0.834. The molecule has 0 unspecified atom stereocenters. The summed E-state index contributed by atoms with van der Waals surface area (Å²) >= 11 is 1.41. The molecule has 0 saturated carbocycles. The summed E-state index contributed by atoms with van der Waals surface area (Å²) in [6, 6.07) is 111. The van der Waals surface area contributed by atoms with E-state index in [1.807, 2.05) is 84.9 Å². The molecule has 0 N–H and O–H groups in total. The van der Waals surface area contributed by atoms with E-state index < -0.39 is 30.9 Å². The van der Waals surface area contributed by atoms with Crippen molar-refractivity contribution < 1.29 is 13.2 Å². The van der Waals surface area contributed by atoms with Crippen LogP contribution in [0.1, 0.15) is 0 Å². The van der Waals surface area contributed by atoms with Gasteiger partial charge in [0.2, 0.25) is 6.71 Å². The van der Waals surface area contributed by atoms with Crippen LogP contribution in [0.2, 0.25) is 0 Å². The number of anilines is 15. The van der Waals surface area contributed by atoms with Gasteiger partial charge >= 0.3 is 0 Å². The second kappa shape index (κ2) is 22.9. The summed E-state index contributed by atoms with van der Waals surface area (Å²) in [6.45, 7) is -1.07. The van der Waals surface area contributed by atoms with Crippen LogP contribution in [0.5, 0.6) is 0 Å². The number of para-hydroxylation sites is 8. The number of fused-ring (bicyclic) bond motifs is 8. The highest BCUT2D eigenvalue weighted by atomic mass is 32.2. The Hall–Kier alpha value is -11.7. The summed E-state index contributed by atoms with van der Waals surface area (Å²) in [7, 11) is 0. The fraction of sp³-hybridized carbons (Fsp3) is 0. The Morgan fingerprint density at radius 2 is 0.768 bits per heavy atom. The maximum absolute atomic E-state index is 20.4. The van der Waals surface area contributed by atoms with E-state index in [-0.39, 0.29) is 11.4 Å². The number of rotatable bonds is 11. The molecule has 4 aliphatic rings. The fourth-order valence-electron chi connectivity index (χ4n) is 15.1. The molecule has 0 fully saturated rings. The molecule has 18 rings (SSSR count). The van der Waals surface area contributed by atoms with Crippen molar-refractivity contribution in [2.24, 2.45) is 0 Å². The Labute approximate surface area is 554 Å². The topological polar surface area (TPSA) is 16.2 Å². The molecular formula is C84H54B2F3N5S. The second-order valence-corrected chi connectivity index (χ2v) is 25.3. The van der Waals surface area contributed by atoms with Crippen molar-refractivity contribution in [1.82, 2.24) is 0 Å². The van der Waals surface area contributed by atoms with Gasteiger partial charge in [0, 0.05) is 83.9 Å². The van der Waals surface area contributed by atoms with Gasteiger partial charge in [0.15, 0.2) is 5.82 Å². The van der Waals surface area contributed by atoms with Crippen LogP contribution in [0, 0.1) is 17.5 Å². The standard InChI is InChI=1S/C84H54B2F3N5S/c87-57-47-48-75(70(88)49-57)94-77-51-62(91(60-35-15-5-16-36-60)71-43-23-19-39-64(71)55-27-7-1-8-28-55)50-76-80(77)85(67-42-22-26-46-74(67)93(76)72-44-24-20-40-65(72)56-29-9-2-10-30-56)68-54-69-84(82(89)83(68)94)95-79-53-63(90(58-31-11-3-12-32-58)59-33-13-4-14-34-59)52-78-81(79)86(69)66-41-21-25-45-73(66)92(78)61-37-17-6-18-38-61/h1-54H. The fourth-order valence-corrected chi connectivity index (χ4v) is 16.3. The van der Waals surface area contributed by atoms with Gasteiger partial charge in [-0.3, -0.25) is 0 Å². The Bertz CT molecular complexity index is 5290. The first-order valence-corrected chi connectivity index (χ1v) is 32.8. The molecule has 14 aromatic rings. The van der Waals surface area contributed by atoms with E-state index in [1.165, 1.54) is 23.9 Å². The first-order chi connectivity index (χ1) is 46.9. The van der Waals surface area contributed by atoms with Gasteiger partial charge in [-0.15, -0.1) is 0 Å². The summed E-state index contributed by atoms with van der Waals surface area (Å²) in [5, 5.41) is 0. The molecule has 0 aliphatic carbocycles. The van der Waals surface area contributed by atoms with E-state index in [1.54, 1.807) is 4.90 Å². The predicted molar refractivity (Wildman–Crippen MR) is 390 cm³/mol. The molecule has 4 heterocycles. The molecule has 14 aromatic carbocycles. The first-order valence-electron chi connectivity index (χ1n) is 32.0. The Balaban J connectivity index is 0.951. The van der Waals surface area contributed by atoms with Crippen LogP contribution in [-0.2, 0) is 0 Å². The monoisotopic (exact) mass is 1240 g/mol. The van der Waals surface area contributed by atoms with Gasteiger partial charge in [0.1, 0.15) is 11.6 Å². The van der Waals surface area contributed by atoms with Crippen LogP contribution >= 0.6 is 11.8 Å². The summed E-state index contributed by atoms with van der Waals surface area (Å²) in [6.07, 6.45) is 0. The lowest BCUT2D eigenvalue weighted by Crippen LogP contribution is -2.65. The van der Waals surface area contributed by atoms with Crippen LogP contribution in [0.15, 0.2) is 337 Å². The zero-order valence-electron chi connectivity index (χ0n) is 51.1. The third kappa shape index (κ3) is 9.13. The lowest BCUT2D eigenvalue weighted by Gasteiger charge is -2.46. The molecule has 5 nitrogen and oxygen atoms in total. The molecule has 448 valence electrons. The zero-order valence-corrected chi connectivity index (χ0v) is 51.9. The molecule has 0 aromatic heterocycles. The van der Waals surface area contributed by atoms with Crippen molar-refractivity contribution in [3.05, 3.63) is 345 Å². The van der Waals surface area contributed by atoms with E-state index in [4.69, 9.17) is 0 Å². The summed E-state index contributed by atoms with van der Waals surface area (Å²) < 4.78 is 54.1. The van der Waals surface area contributed by atoms with E-state index in [2.05, 4.69) is 244 Å². The molecule has 0 atom stereocenters. The molecule has 95 heavy (non-hydrogen) atoms. The van der Waals surface area contributed by atoms with Crippen LogP contribution < -0.4 is 57.3 Å². The number of hydrogen-bond acceptors (Lipinski definition) is 6. The SMILES string of the molecule is Fc1ccc(N2c3cc(N(c4ccccc4)c4ccccc4-c4ccccc4)cc4c3B(c3ccccc3N4c3ccccc3-c3ccccc3)c3cc4c(c(F)c32)Sc2cc(N(c3ccccc3)c3ccccc3)cc3c2B4c2ccccc2N3c2ccccc2)c(F)c1. The third-order valence-electron chi connectivity index (χ3n) is 19.0. The van der Waals surface area contributed by atoms with Crippen molar-refractivity contribution in [3.63, 3.8) is 0 Å². The van der Waals surface area contributed by atoms with Crippen LogP contribution in [0.25, 0.3) is 22.3 Å². The van der Waals surface area contributed by atoms with E-state index >= 15 is 13.2 Å². The van der Waals surface area contributed by atoms with Gasteiger partial charge in [-0.05, 0) is 148 Å². The van der Waals surface area contributed by atoms with Gasteiger partial charge in [-0.1, -0.05) is 230 Å². The number of halogens is 3. The number of benzene rings is 14. The second-order valence-electron chi connectivity index (χ2n) is 24.3. The normalized spacial score (nSPS) is 12.9. The number of hydrogen-bond donors (Lipinski definition) is 0. The van der Waals surface area contributed by atoms with Crippen molar-refractivity contribution in [2.45, 2.75) is 9.79 Å². The zero-order chi connectivity index (χ0) is 63.3. The Morgan fingerprint density at radius 1 is 0.305 bits per heavy atom. The van der Waals surface area contributed by atoms with Gasteiger partial charge in [-0.2, -0.15) is 0 Å². The van der Waals surface area contributed by atoms with E-state index in [9.17, 15) is 0 Å². The third-order valence-corrected chi connectivity index (χ3v) is 20.2. The minimum Gasteiger partial charge on any atom is -0.311 e. The Kier molecular flexibility index (Phi) is 13.5. The number of nitrogens with zero attached hydrogens (tertiary/aromatic N) is 5. The quantitative estimate of drug-likeness (QED) is 0.119. The lowest BCUT2D eigenvalue weighted by atomic mass is 9.31. The maximum Gasteiger partial charge on any atom is 0.252 e. The highest BCUT2D eigenvalue weighted by Crippen LogP contribution is 2.54. The van der Waals surface area contributed by atoms with Crippen molar-refractivity contribution >= 4 is 143 Å². The highest BCUT2D eigenvalue weighted by Gasteiger charge is 2.50. The molecule has 0 saturated heterocycles. The first kappa shape index (κ1) is 56.1. The average molecular weight is 1240 g/mol. The highest BCUT2D eigenvalue weighted by molar-refractivity contribution is 8.00. The van der Waals surface area contributed by atoms with E-state index in [0.29, 0.717) is 16.0 Å². The van der Waals surface area contributed by atoms with Gasteiger partial charge in [0.05, 0.1) is 28.4 Å². The molecule has 0 amide bonds. The summed E-state index contributed by atoms with van der Waals surface area (Å²) in [5.41, 5.74) is 21.0. The predicted octanol–water partition coefficient (Wildman–Crippen LogP) is 19.2. The lowest BCUT2D eigenvalue weighted by molar-refractivity contribution is 0.582. The van der Waals surface area contributed by atoms with Gasteiger partial charge in [-0.25, -0.2) is 13.2 Å². The van der Waals surface area contributed by atoms with E-state index in [0.717, 1.165) is 129 Å². The smallest absolute Gasteiger partial charge is 0.252 e.